The van der Waals surface area contributed by atoms with E-state index in [1.165, 1.54) is 24.3 Å². The molecule has 1 aliphatic rings. The topological polar surface area (TPSA) is 111 Å². The molecule has 1 saturated carbocycles. The van der Waals surface area contributed by atoms with Crippen molar-refractivity contribution in [1.82, 2.24) is 0 Å². The van der Waals surface area contributed by atoms with Gasteiger partial charge in [0.25, 0.3) is 9.84 Å². The minimum absolute atomic E-state index is 0.120. The Morgan fingerprint density at radius 3 is 2.24 bits per heavy atom. The number of benzene rings is 1. The molecule has 114 valence electrons. The second-order valence-corrected chi connectivity index (χ2v) is 8.35. The molecule has 1 aromatic rings. The van der Waals surface area contributed by atoms with Crippen molar-refractivity contribution in [2.45, 2.75) is 35.3 Å². The molecule has 0 amide bonds. The van der Waals surface area contributed by atoms with Crippen molar-refractivity contribution in [3.05, 3.63) is 34.8 Å². The first-order chi connectivity index (χ1) is 9.84. The van der Waals surface area contributed by atoms with Gasteiger partial charge in [0.05, 0.1) is 4.90 Å². The molecule has 1 atom stereocenters. The van der Waals surface area contributed by atoms with Crippen LogP contribution in [-0.4, -0.2) is 31.8 Å². The van der Waals surface area contributed by atoms with Gasteiger partial charge in [-0.3, -0.25) is 4.21 Å². The van der Waals surface area contributed by atoms with Crippen molar-refractivity contribution >= 4 is 37.6 Å². The zero-order valence-corrected chi connectivity index (χ0v) is 13.2. The van der Waals surface area contributed by atoms with Crippen LogP contribution in [0.1, 0.15) is 25.7 Å². The molecule has 6 nitrogen and oxygen atoms in total. The van der Waals surface area contributed by atoms with E-state index in [9.17, 15) is 17.2 Å². The summed E-state index contributed by atoms with van der Waals surface area (Å²) in [5, 5.41) is -0.373. The van der Waals surface area contributed by atoms with Gasteiger partial charge in [-0.05, 0) is 48.2 Å². The lowest BCUT2D eigenvalue weighted by Crippen LogP contribution is -2.45. The van der Waals surface area contributed by atoms with Gasteiger partial charge in [0.2, 0.25) is 0 Å². The van der Waals surface area contributed by atoms with E-state index < -0.39 is 30.7 Å². The van der Waals surface area contributed by atoms with Gasteiger partial charge >= 0.3 is 5.04 Å². The Morgan fingerprint density at radius 1 is 1.29 bits per heavy atom. The van der Waals surface area contributed by atoms with E-state index >= 15 is 0 Å². The molecule has 0 aliphatic heterocycles. The predicted molar refractivity (Wildman–Crippen MR) is 77.4 cm³/mol. The van der Waals surface area contributed by atoms with Crippen LogP contribution in [-0.2, 0) is 20.9 Å². The maximum absolute atomic E-state index is 12.6. The maximum atomic E-state index is 12.6. The Hall–Kier alpha value is -1.05. The average Bonchev–Trinajstić information content (AvgIpc) is 2.90. The first kappa shape index (κ1) is 16.3. The van der Waals surface area contributed by atoms with Crippen LogP contribution in [0.15, 0.2) is 29.2 Å². The van der Waals surface area contributed by atoms with E-state index in [1.54, 1.807) is 0 Å². The van der Waals surface area contributed by atoms with Crippen LogP contribution >= 0.6 is 11.6 Å². The second-order valence-electron chi connectivity index (χ2n) is 4.80. The zero-order valence-electron chi connectivity index (χ0n) is 10.9. The highest BCUT2D eigenvalue weighted by Gasteiger charge is 2.53. The molecule has 0 saturated heterocycles. The van der Waals surface area contributed by atoms with E-state index in [0.29, 0.717) is 17.9 Å². The van der Waals surface area contributed by atoms with Crippen molar-refractivity contribution in [1.29, 1.82) is 0 Å². The zero-order chi connectivity index (χ0) is 15.7. The van der Waals surface area contributed by atoms with E-state index in [4.69, 9.17) is 17.1 Å². The quantitative estimate of drug-likeness (QED) is 0.273. The number of rotatable bonds is 3. The van der Waals surface area contributed by atoms with Crippen molar-refractivity contribution in [3.63, 3.8) is 0 Å². The molecule has 1 fully saturated rings. The summed E-state index contributed by atoms with van der Waals surface area (Å²) in [5.74, 6) is 0. The fraction of sp³-hybridized carbons (Fsp3) is 0.417. The molecule has 0 bridgehead atoms. The van der Waals surface area contributed by atoms with Gasteiger partial charge in [-0.25, -0.2) is 8.42 Å². The summed E-state index contributed by atoms with van der Waals surface area (Å²) >= 11 is 3.01. The molecule has 0 aromatic heterocycles. The summed E-state index contributed by atoms with van der Waals surface area (Å²) < 4.78 is 46.6. The van der Waals surface area contributed by atoms with E-state index in [0.717, 1.165) is 0 Å². The lowest BCUT2D eigenvalue weighted by molar-refractivity contribution is -0.00618. The third-order valence-electron chi connectivity index (χ3n) is 3.59. The molecule has 1 unspecified atom stereocenters. The Morgan fingerprint density at radius 2 is 1.81 bits per heavy atom. The molecule has 1 aliphatic carbocycles. The Kier molecular flexibility index (Phi) is 4.65. The van der Waals surface area contributed by atoms with Gasteiger partial charge in [0.1, 0.15) is 4.75 Å². The second kappa shape index (κ2) is 5.98. The summed E-state index contributed by atoms with van der Waals surface area (Å²) in [5.41, 5.74) is 9.16. The molecule has 21 heavy (non-hydrogen) atoms. The number of halogens is 1. The number of hydrogen-bond donors (Lipinski definition) is 0. The predicted octanol–water partition coefficient (Wildman–Crippen LogP) is 1.93. The van der Waals surface area contributed by atoms with Gasteiger partial charge < -0.3 is 10.1 Å². The smallest absolute Gasteiger partial charge is 0.403 e. The number of nitrogens with zero attached hydrogens (tertiary/aromatic N) is 2. The Labute approximate surface area is 130 Å². The van der Waals surface area contributed by atoms with Gasteiger partial charge in [0.15, 0.2) is 0 Å². The highest BCUT2D eigenvalue weighted by Crippen LogP contribution is 2.38. The minimum Gasteiger partial charge on any atom is -0.771 e. The van der Waals surface area contributed by atoms with Gasteiger partial charge in [-0.1, -0.05) is 24.4 Å². The first-order valence-corrected chi connectivity index (χ1v) is 9.11. The summed E-state index contributed by atoms with van der Waals surface area (Å²) in [4.78, 5) is 2.68. The summed E-state index contributed by atoms with van der Waals surface area (Å²) in [6.45, 7) is 0. The average molecular weight is 348 g/mol. The highest BCUT2D eigenvalue weighted by atomic mass is 35.5. The van der Waals surface area contributed by atoms with Gasteiger partial charge in [-0.2, -0.15) is 4.79 Å². The van der Waals surface area contributed by atoms with Crippen LogP contribution in [0.3, 0.4) is 0 Å². The van der Waals surface area contributed by atoms with Crippen molar-refractivity contribution in [2.75, 3.05) is 0 Å². The first-order valence-electron chi connectivity index (χ1n) is 6.17. The summed E-state index contributed by atoms with van der Waals surface area (Å²) in [7, 11) is -4.21. The standard InChI is InChI=1S/C12H13ClN2O4S2/c13-9-3-5-10(6-4-9)21(18,19)11(15-14)12(20(16)17)7-1-2-8-12/h3-6H,1-2,7-8H2,(H,16,17)/p-1. The van der Waals surface area contributed by atoms with Crippen molar-refractivity contribution < 1.29 is 22.0 Å². The van der Waals surface area contributed by atoms with Crippen molar-refractivity contribution in [2.24, 2.45) is 0 Å². The van der Waals surface area contributed by atoms with E-state index in [1.807, 2.05) is 0 Å². The van der Waals surface area contributed by atoms with Gasteiger partial charge in [-0.15, -0.1) is 0 Å². The molecule has 2 rings (SSSR count). The third-order valence-corrected chi connectivity index (χ3v) is 7.08. The van der Waals surface area contributed by atoms with Crippen LogP contribution in [0, 0.1) is 0 Å². The summed E-state index contributed by atoms with van der Waals surface area (Å²) in [6.07, 6.45) is 1.36. The molecular formula is C12H12ClN2O4S2-. The lowest BCUT2D eigenvalue weighted by atomic mass is 10.1. The van der Waals surface area contributed by atoms with Crippen LogP contribution in [0.4, 0.5) is 0 Å². The minimum atomic E-state index is -4.21. The molecular weight excluding hydrogens is 336 g/mol. The van der Waals surface area contributed by atoms with Crippen LogP contribution in [0.5, 0.6) is 0 Å². The molecule has 0 radical (unpaired) electrons. The highest BCUT2D eigenvalue weighted by molar-refractivity contribution is 8.08. The van der Waals surface area contributed by atoms with Crippen LogP contribution < -0.4 is 0 Å². The Bertz CT molecular complexity index is 718. The third kappa shape index (κ3) is 2.82. The SMILES string of the molecule is [N-]=[N+]=C(C1(S(=O)[O-])CCCC1)S(=O)(=O)c1ccc(Cl)cc1. The van der Waals surface area contributed by atoms with E-state index in [-0.39, 0.29) is 17.7 Å². The lowest BCUT2D eigenvalue weighted by Gasteiger charge is -2.26. The fourth-order valence-corrected chi connectivity index (χ4v) is 5.50. The largest absolute Gasteiger partial charge is 0.771 e. The normalized spacial score (nSPS) is 19.0. The monoisotopic (exact) mass is 347 g/mol. The van der Waals surface area contributed by atoms with Crippen LogP contribution in [0.2, 0.25) is 5.02 Å². The van der Waals surface area contributed by atoms with Crippen molar-refractivity contribution in [3.8, 4) is 0 Å². The molecule has 0 N–H and O–H groups in total. The molecule has 0 heterocycles. The molecule has 1 aromatic carbocycles. The van der Waals surface area contributed by atoms with E-state index in [2.05, 4.69) is 4.79 Å². The fourth-order valence-electron chi connectivity index (χ4n) is 2.51. The molecule has 0 spiro atoms. The maximum Gasteiger partial charge on any atom is 0.403 e. The summed E-state index contributed by atoms with van der Waals surface area (Å²) in [6, 6.07) is 5.25. The Balaban J connectivity index is 2.58. The van der Waals surface area contributed by atoms with Crippen LogP contribution in [0.25, 0.3) is 5.53 Å². The van der Waals surface area contributed by atoms with Gasteiger partial charge in [0, 0.05) is 5.02 Å². The number of hydrogen-bond acceptors (Lipinski definition) is 4. The number of sulfone groups is 1. The molecule has 9 heteroatoms.